The summed E-state index contributed by atoms with van der Waals surface area (Å²) in [6.45, 7) is 7.94. The number of nitrogens with one attached hydrogen (secondary N) is 2. The molecule has 1 amide bonds. The summed E-state index contributed by atoms with van der Waals surface area (Å²) in [5, 5.41) is 4.71. The average molecular weight is 460 g/mol. The minimum Gasteiger partial charge on any atom is -0.481 e. The van der Waals surface area contributed by atoms with Crippen molar-refractivity contribution in [2.45, 2.75) is 44.6 Å². The van der Waals surface area contributed by atoms with Gasteiger partial charge in [0.2, 0.25) is 0 Å². The maximum Gasteiger partial charge on any atom is 0.265 e. The molecule has 2 aromatic carbocycles. The van der Waals surface area contributed by atoms with E-state index in [9.17, 15) is 13.2 Å². The number of rotatable bonds is 8. The van der Waals surface area contributed by atoms with Crippen LogP contribution in [0, 0.1) is 6.92 Å². The molecule has 0 saturated heterocycles. The van der Waals surface area contributed by atoms with Gasteiger partial charge in [-0.05, 0) is 67.3 Å². The van der Waals surface area contributed by atoms with Gasteiger partial charge in [-0.2, -0.15) is 0 Å². The van der Waals surface area contributed by atoms with E-state index in [0.29, 0.717) is 22.5 Å². The quantitative estimate of drug-likeness (QED) is 0.505. The number of amides is 1. The average Bonchev–Trinajstić information content (AvgIpc) is 3.20. The maximum atomic E-state index is 12.5. The number of sulfonamides is 1. The van der Waals surface area contributed by atoms with E-state index in [4.69, 9.17) is 4.74 Å². The Morgan fingerprint density at radius 3 is 2.39 bits per heavy atom. The smallest absolute Gasteiger partial charge is 0.265 e. The minimum atomic E-state index is -3.74. The molecule has 0 aliphatic carbocycles. The molecule has 1 unspecified atom stereocenters. The van der Waals surface area contributed by atoms with Crippen LogP contribution in [-0.2, 0) is 14.8 Å². The van der Waals surface area contributed by atoms with E-state index in [1.165, 1.54) is 47.4 Å². The Kier molecular flexibility index (Phi) is 6.97. The fraction of sp³-hybridized carbons (Fsp3) is 0.273. The van der Waals surface area contributed by atoms with E-state index >= 15 is 0 Å². The molecule has 7 nitrogen and oxygen atoms in total. The van der Waals surface area contributed by atoms with Crippen LogP contribution in [0.5, 0.6) is 5.75 Å². The van der Waals surface area contributed by atoms with Gasteiger partial charge in [0.25, 0.3) is 15.9 Å². The second-order valence-corrected chi connectivity index (χ2v) is 9.97. The molecule has 0 aliphatic rings. The van der Waals surface area contributed by atoms with Crippen molar-refractivity contribution in [1.29, 1.82) is 0 Å². The Morgan fingerprint density at radius 2 is 1.81 bits per heavy atom. The summed E-state index contributed by atoms with van der Waals surface area (Å²) >= 11 is 1.19. The number of carbonyl (C=O) groups excluding carboxylic acids is 1. The second-order valence-electron chi connectivity index (χ2n) is 7.39. The van der Waals surface area contributed by atoms with Crippen molar-refractivity contribution in [2.24, 2.45) is 0 Å². The van der Waals surface area contributed by atoms with Gasteiger partial charge in [0, 0.05) is 17.3 Å². The van der Waals surface area contributed by atoms with Crippen molar-refractivity contribution in [3.8, 4) is 5.75 Å². The van der Waals surface area contributed by atoms with E-state index in [0.717, 1.165) is 5.56 Å². The highest BCUT2D eigenvalue weighted by Crippen LogP contribution is 2.24. The predicted molar refractivity (Wildman–Crippen MR) is 123 cm³/mol. The summed E-state index contributed by atoms with van der Waals surface area (Å²) in [5.74, 6) is 0.708. The molecule has 1 aromatic heterocycles. The SMILES string of the molecule is Cc1cc(OC(C)C(=O)Nc2ccc(S(=O)(=O)Nc3nccs3)cc2)ccc1C(C)C. The summed E-state index contributed by atoms with van der Waals surface area (Å²) in [7, 11) is -3.74. The van der Waals surface area contributed by atoms with E-state index in [1.807, 2.05) is 25.1 Å². The van der Waals surface area contributed by atoms with Crippen molar-refractivity contribution < 1.29 is 17.9 Å². The first-order chi connectivity index (χ1) is 14.7. The normalized spacial score (nSPS) is 12.4. The number of carbonyl (C=O) groups is 1. The van der Waals surface area contributed by atoms with Crippen LogP contribution in [0.1, 0.15) is 37.8 Å². The van der Waals surface area contributed by atoms with Crippen LogP contribution < -0.4 is 14.8 Å². The van der Waals surface area contributed by atoms with Gasteiger partial charge in [-0.15, -0.1) is 11.3 Å². The predicted octanol–water partition coefficient (Wildman–Crippen LogP) is 4.78. The minimum absolute atomic E-state index is 0.0747. The molecule has 9 heteroatoms. The van der Waals surface area contributed by atoms with E-state index < -0.39 is 16.1 Å². The van der Waals surface area contributed by atoms with Crippen molar-refractivity contribution in [1.82, 2.24) is 4.98 Å². The summed E-state index contributed by atoms with van der Waals surface area (Å²) in [6.07, 6.45) is 0.795. The van der Waals surface area contributed by atoms with Crippen LogP contribution in [0.4, 0.5) is 10.8 Å². The lowest BCUT2D eigenvalue weighted by molar-refractivity contribution is -0.122. The second kappa shape index (κ2) is 9.49. The standard InChI is InChI=1S/C22H25N3O4S2/c1-14(2)20-10-7-18(13-15(20)3)29-16(4)21(26)24-17-5-8-19(9-6-17)31(27,28)25-22-23-11-12-30-22/h5-14,16H,1-4H3,(H,23,25)(H,24,26). The number of anilines is 2. The molecular weight excluding hydrogens is 434 g/mol. The van der Waals surface area contributed by atoms with Crippen LogP contribution in [-0.4, -0.2) is 25.4 Å². The molecule has 1 atom stereocenters. The molecule has 0 aliphatic heterocycles. The van der Waals surface area contributed by atoms with Gasteiger partial charge in [0.15, 0.2) is 11.2 Å². The van der Waals surface area contributed by atoms with E-state index in [-0.39, 0.29) is 10.8 Å². The molecule has 1 heterocycles. The van der Waals surface area contributed by atoms with E-state index in [1.54, 1.807) is 12.3 Å². The summed E-state index contributed by atoms with van der Waals surface area (Å²) in [6, 6.07) is 11.7. The number of hydrogen-bond acceptors (Lipinski definition) is 6. The Morgan fingerprint density at radius 1 is 1.10 bits per heavy atom. The first kappa shape index (κ1) is 22.8. The largest absolute Gasteiger partial charge is 0.481 e. The third-order valence-corrected chi connectivity index (χ3v) is 6.80. The van der Waals surface area contributed by atoms with Crippen LogP contribution >= 0.6 is 11.3 Å². The van der Waals surface area contributed by atoms with Crippen LogP contribution in [0.25, 0.3) is 0 Å². The molecule has 0 spiro atoms. The molecule has 3 rings (SSSR count). The summed E-state index contributed by atoms with van der Waals surface area (Å²) in [4.78, 5) is 16.5. The lowest BCUT2D eigenvalue weighted by Crippen LogP contribution is -2.30. The first-order valence-electron chi connectivity index (χ1n) is 9.76. The number of benzene rings is 2. The van der Waals surface area contributed by atoms with Crippen molar-refractivity contribution >= 4 is 38.1 Å². The van der Waals surface area contributed by atoms with Crippen LogP contribution in [0.15, 0.2) is 58.9 Å². The fourth-order valence-electron chi connectivity index (χ4n) is 3.04. The Hall–Kier alpha value is -2.91. The highest BCUT2D eigenvalue weighted by atomic mass is 32.2. The van der Waals surface area contributed by atoms with Gasteiger partial charge in [-0.25, -0.2) is 13.4 Å². The molecule has 0 bridgehead atoms. The number of nitrogens with zero attached hydrogens (tertiary/aromatic N) is 1. The van der Waals surface area contributed by atoms with Crippen molar-refractivity contribution in [2.75, 3.05) is 10.0 Å². The van der Waals surface area contributed by atoms with Gasteiger partial charge >= 0.3 is 0 Å². The van der Waals surface area contributed by atoms with Crippen molar-refractivity contribution in [3.05, 3.63) is 65.2 Å². The Bertz CT molecular complexity index is 1140. The highest BCUT2D eigenvalue weighted by molar-refractivity contribution is 7.93. The number of ether oxygens (including phenoxy) is 1. The van der Waals surface area contributed by atoms with Crippen molar-refractivity contribution in [3.63, 3.8) is 0 Å². The monoisotopic (exact) mass is 459 g/mol. The fourth-order valence-corrected chi connectivity index (χ4v) is 4.82. The molecule has 3 aromatic rings. The van der Waals surface area contributed by atoms with E-state index in [2.05, 4.69) is 28.9 Å². The zero-order valence-electron chi connectivity index (χ0n) is 17.7. The van der Waals surface area contributed by atoms with Gasteiger partial charge < -0.3 is 10.1 Å². The molecule has 0 fully saturated rings. The Balaban J connectivity index is 1.61. The lowest BCUT2D eigenvalue weighted by atomic mass is 9.98. The zero-order chi connectivity index (χ0) is 22.6. The molecule has 31 heavy (non-hydrogen) atoms. The van der Waals surface area contributed by atoms with Crippen LogP contribution in [0.2, 0.25) is 0 Å². The van der Waals surface area contributed by atoms with Gasteiger partial charge in [0.1, 0.15) is 5.75 Å². The number of aryl methyl sites for hydroxylation is 1. The van der Waals surface area contributed by atoms with Crippen LogP contribution in [0.3, 0.4) is 0 Å². The summed E-state index contributed by atoms with van der Waals surface area (Å²) in [5.41, 5.74) is 2.83. The molecule has 164 valence electrons. The topological polar surface area (TPSA) is 97.4 Å². The molecular formula is C22H25N3O4S2. The van der Waals surface area contributed by atoms with Gasteiger partial charge in [-0.1, -0.05) is 19.9 Å². The highest BCUT2D eigenvalue weighted by Gasteiger charge is 2.18. The zero-order valence-corrected chi connectivity index (χ0v) is 19.4. The summed E-state index contributed by atoms with van der Waals surface area (Å²) < 4.78 is 33.0. The third kappa shape index (κ3) is 5.83. The molecule has 0 saturated carbocycles. The van der Waals surface area contributed by atoms with Gasteiger partial charge in [-0.3, -0.25) is 9.52 Å². The maximum absolute atomic E-state index is 12.5. The Labute approximate surface area is 186 Å². The number of aromatic nitrogens is 1. The molecule has 2 N–H and O–H groups in total. The molecule has 0 radical (unpaired) electrons. The lowest BCUT2D eigenvalue weighted by Gasteiger charge is -2.17. The third-order valence-electron chi connectivity index (χ3n) is 4.63. The number of hydrogen-bond donors (Lipinski definition) is 2. The van der Waals surface area contributed by atoms with Gasteiger partial charge in [0.05, 0.1) is 4.90 Å². The number of thiazole rings is 1. The first-order valence-corrected chi connectivity index (χ1v) is 12.1.